The molecule has 0 radical (unpaired) electrons. The molecule has 0 spiro atoms. The van der Waals surface area contributed by atoms with Crippen molar-refractivity contribution in [3.05, 3.63) is 0 Å². The molecule has 2 rings (SSSR count). The Kier molecular flexibility index (Phi) is 2.75. The van der Waals surface area contributed by atoms with Crippen molar-refractivity contribution in [2.75, 3.05) is 19.6 Å². The molecule has 0 aliphatic carbocycles. The number of carbonyl (C=O) groups is 1. The van der Waals surface area contributed by atoms with Gasteiger partial charge in [0.25, 0.3) is 0 Å². The predicted octanol–water partition coefficient (Wildman–Crippen LogP) is 1.24. The fourth-order valence-corrected chi connectivity index (χ4v) is 2.71. The summed E-state index contributed by atoms with van der Waals surface area (Å²) < 4.78 is 0. The third-order valence-electron chi connectivity index (χ3n) is 3.45. The van der Waals surface area contributed by atoms with E-state index in [9.17, 15) is 4.79 Å². The molecule has 2 aliphatic heterocycles. The lowest BCUT2D eigenvalue weighted by atomic mass is 9.91. The van der Waals surface area contributed by atoms with Gasteiger partial charge in [-0.1, -0.05) is 20.8 Å². The Morgan fingerprint density at radius 1 is 1.40 bits per heavy atom. The summed E-state index contributed by atoms with van der Waals surface area (Å²) in [6.07, 6.45) is 1.86. The summed E-state index contributed by atoms with van der Waals surface area (Å²) in [6.45, 7) is 9.47. The van der Waals surface area contributed by atoms with Crippen LogP contribution in [0.25, 0.3) is 0 Å². The average Bonchev–Trinajstić information content (AvgIpc) is 2.57. The summed E-state index contributed by atoms with van der Waals surface area (Å²) in [4.78, 5) is 14.2. The predicted molar refractivity (Wildman–Crippen MR) is 60.5 cm³/mol. The molecule has 1 amide bonds. The highest BCUT2D eigenvalue weighted by molar-refractivity contribution is 5.77. The summed E-state index contributed by atoms with van der Waals surface area (Å²) in [6, 6.07) is 0.486. The Bertz CT molecular complexity index is 257. The van der Waals surface area contributed by atoms with Gasteiger partial charge in [0.2, 0.25) is 5.91 Å². The first-order valence-electron chi connectivity index (χ1n) is 5.97. The molecule has 2 saturated heterocycles. The second kappa shape index (κ2) is 3.78. The molecular weight excluding hydrogens is 188 g/mol. The number of nitrogens with zero attached hydrogens (tertiary/aromatic N) is 1. The fraction of sp³-hybridized carbons (Fsp3) is 0.917. The van der Waals surface area contributed by atoms with Gasteiger partial charge in [-0.05, 0) is 17.8 Å². The summed E-state index contributed by atoms with van der Waals surface area (Å²) in [5.74, 6) is 1.06. The lowest BCUT2D eigenvalue weighted by molar-refractivity contribution is -0.133. The topological polar surface area (TPSA) is 32.3 Å². The van der Waals surface area contributed by atoms with Crippen LogP contribution in [0.15, 0.2) is 0 Å². The number of rotatable bonds is 1. The summed E-state index contributed by atoms with van der Waals surface area (Å²) in [5, 5.41) is 3.38. The SMILES string of the molecule is CC(C)(C)CC(=O)N1CC[C@@H]2CNC[C@@H]21. The smallest absolute Gasteiger partial charge is 0.223 e. The Morgan fingerprint density at radius 3 is 2.80 bits per heavy atom. The molecule has 0 aromatic heterocycles. The van der Waals surface area contributed by atoms with Gasteiger partial charge in [-0.15, -0.1) is 0 Å². The molecule has 2 atom stereocenters. The molecule has 0 saturated carbocycles. The summed E-state index contributed by atoms with van der Waals surface area (Å²) in [5.41, 5.74) is 0.112. The van der Waals surface area contributed by atoms with Gasteiger partial charge in [-0.2, -0.15) is 0 Å². The molecule has 0 unspecified atom stereocenters. The standard InChI is InChI=1S/C12H22N2O/c1-12(2,3)6-11(15)14-5-4-9-7-13-8-10(9)14/h9-10,13H,4-8H2,1-3H3/t9-,10+/m1/s1. The van der Waals surface area contributed by atoms with Crippen molar-refractivity contribution in [1.82, 2.24) is 10.2 Å². The molecule has 2 heterocycles. The van der Waals surface area contributed by atoms with Crippen LogP contribution in [-0.2, 0) is 4.79 Å². The van der Waals surface area contributed by atoms with E-state index in [0.717, 1.165) is 19.6 Å². The van der Waals surface area contributed by atoms with Crippen LogP contribution in [0.4, 0.5) is 0 Å². The monoisotopic (exact) mass is 210 g/mol. The molecule has 15 heavy (non-hydrogen) atoms. The van der Waals surface area contributed by atoms with E-state index in [2.05, 4.69) is 31.0 Å². The highest BCUT2D eigenvalue weighted by Crippen LogP contribution is 2.29. The van der Waals surface area contributed by atoms with Gasteiger partial charge in [0.1, 0.15) is 0 Å². The third kappa shape index (κ3) is 2.33. The van der Waals surface area contributed by atoms with Crippen LogP contribution in [0.1, 0.15) is 33.6 Å². The zero-order valence-electron chi connectivity index (χ0n) is 10.0. The van der Waals surface area contributed by atoms with Crippen LogP contribution < -0.4 is 5.32 Å². The minimum Gasteiger partial charge on any atom is -0.338 e. The van der Waals surface area contributed by atoms with Crippen molar-refractivity contribution in [1.29, 1.82) is 0 Å². The second-order valence-electron chi connectivity index (χ2n) is 6.10. The minimum absolute atomic E-state index is 0.112. The van der Waals surface area contributed by atoms with Crippen molar-refractivity contribution in [2.45, 2.75) is 39.7 Å². The Balaban J connectivity index is 1.96. The van der Waals surface area contributed by atoms with Crippen molar-refractivity contribution in [3.63, 3.8) is 0 Å². The van der Waals surface area contributed by atoms with Gasteiger partial charge in [-0.3, -0.25) is 4.79 Å². The van der Waals surface area contributed by atoms with E-state index < -0.39 is 0 Å². The average molecular weight is 210 g/mol. The number of fused-ring (bicyclic) bond motifs is 1. The first-order valence-corrected chi connectivity index (χ1v) is 5.97. The molecule has 2 aliphatic rings. The van der Waals surface area contributed by atoms with E-state index in [1.807, 2.05) is 0 Å². The Labute approximate surface area is 92.2 Å². The van der Waals surface area contributed by atoms with Crippen LogP contribution in [0.3, 0.4) is 0 Å². The maximum atomic E-state index is 12.1. The van der Waals surface area contributed by atoms with Gasteiger partial charge < -0.3 is 10.2 Å². The molecular formula is C12H22N2O. The molecule has 2 fully saturated rings. The third-order valence-corrected chi connectivity index (χ3v) is 3.45. The fourth-order valence-electron chi connectivity index (χ4n) is 2.71. The van der Waals surface area contributed by atoms with Gasteiger partial charge in [0.05, 0.1) is 0 Å². The summed E-state index contributed by atoms with van der Waals surface area (Å²) in [7, 11) is 0. The first-order chi connectivity index (χ1) is 6.97. The highest BCUT2D eigenvalue weighted by atomic mass is 16.2. The Hall–Kier alpha value is -0.570. The first kappa shape index (κ1) is 10.9. The number of hydrogen-bond acceptors (Lipinski definition) is 2. The molecule has 0 aromatic rings. The number of hydrogen-bond donors (Lipinski definition) is 1. The van der Waals surface area contributed by atoms with Crippen molar-refractivity contribution in [3.8, 4) is 0 Å². The quantitative estimate of drug-likeness (QED) is 0.706. The van der Waals surface area contributed by atoms with Crippen LogP contribution in [-0.4, -0.2) is 36.5 Å². The van der Waals surface area contributed by atoms with E-state index in [-0.39, 0.29) is 5.41 Å². The van der Waals surface area contributed by atoms with Crippen LogP contribution in [0, 0.1) is 11.3 Å². The lowest BCUT2D eigenvalue weighted by Crippen LogP contribution is -2.40. The van der Waals surface area contributed by atoms with Gasteiger partial charge >= 0.3 is 0 Å². The number of likely N-dealkylation sites (tertiary alicyclic amines) is 1. The van der Waals surface area contributed by atoms with E-state index in [1.165, 1.54) is 6.42 Å². The van der Waals surface area contributed by atoms with Crippen LogP contribution in [0.5, 0.6) is 0 Å². The van der Waals surface area contributed by atoms with Crippen molar-refractivity contribution < 1.29 is 4.79 Å². The van der Waals surface area contributed by atoms with E-state index in [1.54, 1.807) is 0 Å². The zero-order chi connectivity index (χ0) is 11.1. The van der Waals surface area contributed by atoms with E-state index in [4.69, 9.17) is 0 Å². The Morgan fingerprint density at radius 2 is 2.13 bits per heavy atom. The molecule has 86 valence electrons. The molecule has 0 aromatic carbocycles. The van der Waals surface area contributed by atoms with Crippen molar-refractivity contribution in [2.24, 2.45) is 11.3 Å². The number of amides is 1. The number of nitrogens with one attached hydrogen (secondary N) is 1. The summed E-state index contributed by atoms with van der Waals surface area (Å²) >= 11 is 0. The van der Waals surface area contributed by atoms with E-state index in [0.29, 0.717) is 24.3 Å². The second-order valence-corrected chi connectivity index (χ2v) is 6.10. The van der Waals surface area contributed by atoms with Crippen LogP contribution >= 0.6 is 0 Å². The minimum atomic E-state index is 0.112. The van der Waals surface area contributed by atoms with Crippen molar-refractivity contribution >= 4 is 5.91 Å². The molecule has 0 bridgehead atoms. The lowest BCUT2D eigenvalue weighted by Gasteiger charge is -2.27. The maximum Gasteiger partial charge on any atom is 0.223 e. The normalized spacial score (nSPS) is 30.7. The largest absolute Gasteiger partial charge is 0.338 e. The van der Waals surface area contributed by atoms with Crippen LogP contribution in [0.2, 0.25) is 0 Å². The van der Waals surface area contributed by atoms with Gasteiger partial charge in [0.15, 0.2) is 0 Å². The highest BCUT2D eigenvalue weighted by Gasteiger charge is 2.40. The molecule has 1 N–H and O–H groups in total. The zero-order valence-corrected chi connectivity index (χ0v) is 10.0. The molecule has 3 heteroatoms. The van der Waals surface area contributed by atoms with Gasteiger partial charge in [0, 0.05) is 32.1 Å². The molecule has 3 nitrogen and oxygen atoms in total. The number of carbonyl (C=O) groups excluding carboxylic acids is 1. The van der Waals surface area contributed by atoms with Gasteiger partial charge in [-0.25, -0.2) is 0 Å². The maximum absolute atomic E-state index is 12.1. The van der Waals surface area contributed by atoms with E-state index >= 15 is 0 Å².